The Balaban J connectivity index is 1.73. The number of rotatable bonds is 17. The van der Waals surface area contributed by atoms with Crippen molar-refractivity contribution in [1.82, 2.24) is 4.98 Å². The Morgan fingerprint density at radius 1 is 0.769 bits per heavy atom. The van der Waals surface area contributed by atoms with Gasteiger partial charge in [0.1, 0.15) is 0 Å². The van der Waals surface area contributed by atoms with Gasteiger partial charge in [0, 0.05) is 6.20 Å². The van der Waals surface area contributed by atoms with Crippen LogP contribution in [-0.2, 0) is 10.1 Å². The number of hydrogen-bond donors (Lipinski definition) is 1. The maximum absolute atomic E-state index is 10.6. The maximum Gasteiger partial charge on any atom is 0.264 e. The second kappa shape index (κ2) is 15.5. The van der Waals surface area contributed by atoms with Crippen LogP contribution in [0.4, 0.5) is 0 Å². The Kier molecular flexibility index (Phi) is 13.9. The van der Waals surface area contributed by atoms with Crippen LogP contribution in [0.1, 0.15) is 83.5 Å². The first-order valence-corrected chi connectivity index (χ1v) is 12.7. The fourth-order valence-electron chi connectivity index (χ4n) is 2.94. The van der Waals surface area contributed by atoms with E-state index in [1.807, 2.05) is 30.1 Å². The highest BCUT2D eigenvalue weighted by atomic mass is 32.2. The van der Waals surface area contributed by atoms with Gasteiger partial charge in [-0.2, -0.15) is 8.42 Å². The molecule has 0 saturated carbocycles. The van der Waals surface area contributed by atoms with Crippen LogP contribution < -0.4 is 0 Å². The molecule has 0 fully saturated rings. The predicted molar refractivity (Wildman–Crippen MR) is 111 cm³/mol. The Bertz CT molecular complexity index is 535. The normalized spacial score (nSPS) is 11.7. The van der Waals surface area contributed by atoms with Crippen LogP contribution in [0.15, 0.2) is 29.4 Å². The van der Waals surface area contributed by atoms with Gasteiger partial charge in [0.25, 0.3) is 10.1 Å². The summed E-state index contributed by atoms with van der Waals surface area (Å²) in [6.07, 6.45) is 17.4. The molecule has 6 heteroatoms. The monoisotopic (exact) mass is 401 g/mol. The molecule has 0 aliphatic rings. The van der Waals surface area contributed by atoms with Crippen molar-refractivity contribution >= 4 is 21.9 Å². The van der Waals surface area contributed by atoms with Crippen LogP contribution in [-0.4, -0.2) is 29.5 Å². The summed E-state index contributed by atoms with van der Waals surface area (Å²) >= 11 is 1.85. The quantitative estimate of drug-likeness (QED) is 0.193. The SMILES string of the molecule is O=S(=O)(O)CCCCCCCCCCCCCCCSc1ccccn1. The molecule has 1 N–H and O–H groups in total. The van der Waals surface area contributed by atoms with E-state index >= 15 is 0 Å². The first-order chi connectivity index (χ1) is 12.6. The first kappa shape index (κ1) is 23.4. The van der Waals surface area contributed by atoms with Crippen molar-refractivity contribution in [3.8, 4) is 0 Å². The summed E-state index contributed by atoms with van der Waals surface area (Å²) < 4.78 is 29.8. The number of nitrogens with zero attached hydrogens (tertiary/aromatic N) is 1. The number of pyridine rings is 1. The minimum Gasteiger partial charge on any atom is -0.286 e. The summed E-state index contributed by atoms with van der Waals surface area (Å²) in [4.78, 5) is 4.32. The van der Waals surface area contributed by atoms with Gasteiger partial charge in [0.2, 0.25) is 0 Å². The molecule has 150 valence electrons. The molecule has 0 amide bonds. The molecule has 0 aromatic carbocycles. The van der Waals surface area contributed by atoms with Crippen LogP contribution >= 0.6 is 11.8 Å². The third kappa shape index (κ3) is 15.6. The molecule has 1 heterocycles. The highest BCUT2D eigenvalue weighted by Gasteiger charge is 2.02. The first-order valence-electron chi connectivity index (χ1n) is 10.1. The summed E-state index contributed by atoms with van der Waals surface area (Å²) in [6, 6.07) is 6.07. The highest BCUT2D eigenvalue weighted by molar-refractivity contribution is 7.99. The second-order valence-electron chi connectivity index (χ2n) is 6.90. The number of aromatic nitrogens is 1. The van der Waals surface area contributed by atoms with Crippen molar-refractivity contribution in [1.29, 1.82) is 0 Å². The van der Waals surface area contributed by atoms with Gasteiger partial charge < -0.3 is 0 Å². The molecule has 0 bridgehead atoms. The molecule has 0 saturated heterocycles. The van der Waals surface area contributed by atoms with Crippen molar-refractivity contribution in [2.75, 3.05) is 11.5 Å². The zero-order valence-electron chi connectivity index (χ0n) is 15.9. The van der Waals surface area contributed by atoms with Crippen molar-refractivity contribution in [2.24, 2.45) is 0 Å². The van der Waals surface area contributed by atoms with E-state index in [1.165, 1.54) is 70.0 Å². The van der Waals surface area contributed by atoms with E-state index in [0.29, 0.717) is 6.42 Å². The molecule has 0 radical (unpaired) electrons. The summed E-state index contributed by atoms with van der Waals surface area (Å²) in [6.45, 7) is 0. The van der Waals surface area contributed by atoms with Gasteiger partial charge in [-0.1, -0.05) is 76.7 Å². The van der Waals surface area contributed by atoms with Crippen LogP contribution in [0.2, 0.25) is 0 Å². The van der Waals surface area contributed by atoms with E-state index in [2.05, 4.69) is 11.1 Å². The van der Waals surface area contributed by atoms with Crippen LogP contribution in [0.3, 0.4) is 0 Å². The molecule has 26 heavy (non-hydrogen) atoms. The van der Waals surface area contributed by atoms with E-state index in [1.54, 1.807) is 0 Å². The summed E-state index contributed by atoms with van der Waals surface area (Å²) in [5, 5.41) is 1.13. The van der Waals surface area contributed by atoms with E-state index in [-0.39, 0.29) is 5.75 Å². The fourth-order valence-corrected chi connectivity index (χ4v) is 4.38. The standard InChI is InChI=1S/C20H35NO3S2/c22-26(23,24)19-15-11-9-7-5-3-1-2-4-6-8-10-14-18-25-20-16-12-13-17-21-20/h12-13,16-17H,1-11,14-15,18-19H2,(H,22,23,24). The molecule has 4 nitrogen and oxygen atoms in total. The highest BCUT2D eigenvalue weighted by Crippen LogP contribution is 2.17. The zero-order valence-corrected chi connectivity index (χ0v) is 17.6. The minimum atomic E-state index is -3.76. The summed E-state index contributed by atoms with van der Waals surface area (Å²) in [5.74, 6) is 1.08. The van der Waals surface area contributed by atoms with E-state index < -0.39 is 10.1 Å². The van der Waals surface area contributed by atoms with Gasteiger partial charge in [-0.05, 0) is 30.7 Å². The van der Waals surface area contributed by atoms with E-state index in [9.17, 15) is 8.42 Å². The van der Waals surface area contributed by atoms with Gasteiger partial charge in [0.05, 0.1) is 10.8 Å². The van der Waals surface area contributed by atoms with Crippen molar-refractivity contribution in [2.45, 2.75) is 88.5 Å². The van der Waals surface area contributed by atoms with E-state index in [4.69, 9.17) is 4.55 Å². The Morgan fingerprint density at radius 2 is 1.27 bits per heavy atom. The number of unbranched alkanes of at least 4 members (excludes halogenated alkanes) is 12. The molecule has 1 aromatic heterocycles. The van der Waals surface area contributed by atoms with Gasteiger partial charge in [-0.15, -0.1) is 11.8 Å². The molecule has 0 aliphatic heterocycles. The van der Waals surface area contributed by atoms with Crippen molar-refractivity contribution < 1.29 is 13.0 Å². The number of hydrogen-bond acceptors (Lipinski definition) is 4. The maximum atomic E-state index is 10.6. The second-order valence-corrected chi connectivity index (χ2v) is 9.59. The van der Waals surface area contributed by atoms with Gasteiger partial charge in [-0.3, -0.25) is 4.55 Å². The average molecular weight is 402 g/mol. The lowest BCUT2D eigenvalue weighted by Crippen LogP contribution is -2.03. The topological polar surface area (TPSA) is 67.3 Å². The summed E-state index contributed by atoms with van der Waals surface area (Å²) in [7, 11) is -3.76. The zero-order chi connectivity index (χ0) is 18.9. The molecular weight excluding hydrogens is 366 g/mol. The largest absolute Gasteiger partial charge is 0.286 e. The van der Waals surface area contributed by atoms with Crippen LogP contribution in [0, 0.1) is 0 Å². The van der Waals surface area contributed by atoms with Crippen molar-refractivity contribution in [3.63, 3.8) is 0 Å². The molecule has 0 aliphatic carbocycles. The van der Waals surface area contributed by atoms with E-state index in [0.717, 1.165) is 17.9 Å². The molecule has 1 rings (SSSR count). The van der Waals surface area contributed by atoms with Crippen LogP contribution in [0.25, 0.3) is 0 Å². The van der Waals surface area contributed by atoms with Crippen molar-refractivity contribution in [3.05, 3.63) is 24.4 Å². The molecular formula is C20H35NO3S2. The average Bonchev–Trinajstić information content (AvgIpc) is 2.61. The minimum absolute atomic E-state index is 0.0885. The van der Waals surface area contributed by atoms with Gasteiger partial charge in [0.15, 0.2) is 0 Å². The third-order valence-electron chi connectivity index (χ3n) is 4.43. The summed E-state index contributed by atoms with van der Waals surface area (Å²) in [5.41, 5.74) is 0. The lowest BCUT2D eigenvalue weighted by atomic mass is 10.0. The number of thioether (sulfide) groups is 1. The fraction of sp³-hybridized carbons (Fsp3) is 0.750. The Labute approximate surface area is 164 Å². The smallest absolute Gasteiger partial charge is 0.264 e. The van der Waals surface area contributed by atoms with Gasteiger partial charge in [-0.25, -0.2) is 4.98 Å². The molecule has 0 spiro atoms. The lowest BCUT2D eigenvalue weighted by molar-refractivity contribution is 0.478. The molecule has 0 unspecified atom stereocenters. The molecule has 1 aromatic rings. The molecule has 0 atom stereocenters. The predicted octanol–water partition coefficient (Wildman–Crippen LogP) is 6.13. The third-order valence-corrected chi connectivity index (χ3v) is 6.27. The lowest BCUT2D eigenvalue weighted by Gasteiger charge is -2.03. The van der Waals surface area contributed by atoms with Gasteiger partial charge >= 0.3 is 0 Å². The van der Waals surface area contributed by atoms with Crippen LogP contribution in [0.5, 0.6) is 0 Å². The Hall–Kier alpha value is -0.590. The Morgan fingerprint density at radius 3 is 1.73 bits per heavy atom.